The Morgan fingerprint density at radius 3 is 2.62 bits per heavy atom. The molecule has 0 amide bonds. The summed E-state index contributed by atoms with van der Waals surface area (Å²) < 4.78 is 0. The van der Waals surface area contributed by atoms with Gasteiger partial charge < -0.3 is 10.4 Å². The maximum Gasteiger partial charge on any atom is 0.0431 e. The predicted molar refractivity (Wildman–Crippen MR) is 55.8 cm³/mol. The minimum Gasteiger partial charge on any atom is -0.396 e. The van der Waals surface area contributed by atoms with Gasteiger partial charge in [0, 0.05) is 18.3 Å². The summed E-state index contributed by atoms with van der Waals surface area (Å²) in [5.41, 5.74) is 1.15. The van der Waals surface area contributed by atoms with E-state index in [1.807, 2.05) is 18.2 Å². The Labute approximate surface area is 79.6 Å². The lowest BCUT2D eigenvalue weighted by atomic mass is 10.2. The number of para-hydroxylation sites is 1. The average molecular weight is 179 g/mol. The van der Waals surface area contributed by atoms with Crippen LogP contribution in [0.1, 0.15) is 19.8 Å². The Morgan fingerprint density at radius 2 is 2.00 bits per heavy atom. The molecule has 0 heterocycles. The number of hydrogen-bond acceptors (Lipinski definition) is 2. The van der Waals surface area contributed by atoms with Crippen LogP contribution in [0.5, 0.6) is 0 Å². The monoisotopic (exact) mass is 179 g/mol. The van der Waals surface area contributed by atoms with Crippen LogP contribution < -0.4 is 5.32 Å². The molecule has 0 bridgehead atoms. The molecule has 2 heteroatoms. The Morgan fingerprint density at radius 1 is 1.31 bits per heavy atom. The first-order valence-electron chi connectivity index (χ1n) is 4.75. The van der Waals surface area contributed by atoms with Crippen molar-refractivity contribution >= 4 is 5.69 Å². The number of anilines is 1. The maximum absolute atomic E-state index is 8.65. The van der Waals surface area contributed by atoms with Crippen LogP contribution in [-0.2, 0) is 0 Å². The molecule has 0 saturated heterocycles. The fourth-order valence-electron chi connectivity index (χ4n) is 1.29. The number of aliphatic hydroxyl groups is 1. The first-order chi connectivity index (χ1) is 6.33. The number of hydrogen-bond donors (Lipinski definition) is 2. The molecule has 0 aliphatic rings. The third-order valence-electron chi connectivity index (χ3n) is 1.98. The number of benzene rings is 1. The molecule has 1 rings (SSSR count). The molecular weight excluding hydrogens is 162 g/mol. The van der Waals surface area contributed by atoms with Gasteiger partial charge in [0.05, 0.1) is 0 Å². The highest BCUT2D eigenvalue weighted by Crippen LogP contribution is 2.09. The fraction of sp³-hybridized carbons (Fsp3) is 0.455. The summed E-state index contributed by atoms with van der Waals surface area (Å²) in [4.78, 5) is 0. The van der Waals surface area contributed by atoms with E-state index in [2.05, 4.69) is 24.4 Å². The van der Waals surface area contributed by atoms with Crippen LogP contribution in [0.4, 0.5) is 5.69 Å². The van der Waals surface area contributed by atoms with Crippen molar-refractivity contribution in [3.63, 3.8) is 0 Å². The van der Waals surface area contributed by atoms with Gasteiger partial charge in [-0.15, -0.1) is 0 Å². The molecule has 1 atom stereocenters. The standard InChI is InChI=1S/C11H17NO/c1-10(6-5-9-13)12-11-7-3-2-4-8-11/h2-4,7-8,10,12-13H,5-6,9H2,1H3/t10-/m0/s1. The minimum absolute atomic E-state index is 0.279. The number of rotatable bonds is 5. The lowest BCUT2D eigenvalue weighted by molar-refractivity contribution is 0.282. The van der Waals surface area contributed by atoms with Gasteiger partial charge in [0.25, 0.3) is 0 Å². The highest BCUT2D eigenvalue weighted by atomic mass is 16.2. The third-order valence-corrected chi connectivity index (χ3v) is 1.98. The maximum atomic E-state index is 8.65. The van der Waals surface area contributed by atoms with Gasteiger partial charge in [-0.2, -0.15) is 0 Å². The van der Waals surface area contributed by atoms with E-state index in [1.165, 1.54) is 0 Å². The highest BCUT2D eigenvalue weighted by molar-refractivity contribution is 5.43. The Kier molecular flexibility index (Phi) is 4.33. The van der Waals surface area contributed by atoms with Crippen LogP contribution >= 0.6 is 0 Å². The van der Waals surface area contributed by atoms with Gasteiger partial charge in [-0.25, -0.2) is 0 Å². The minimum atomic E-state index is 0.279. The van der Waals surface area contributed by atoms with E-state index in [0.29, 0.717) is 6.04 Å². The van der Waals surface area contributed by atoms with Crippen LogP contribution in [0.25, 0.3) is 0 Å². The summed E-state index contributed by atoms with van der Waals surface area (Å²) in [5.74, 6) is 0. The van der Waals surface area contributed by atoms with Crippen LogP contribution in [-0.4, -0.2) is 17.8 Å². The molecule has 0 fully saturated rings. The summed E-state index contributed by atoms with van der Waals surface area (Å²) in [6.45, 7) is 2.41. The number of nitrogens with one attached hydrogen (secondary N) is 1. The van der Waals surface area contributed by atoms with Gasteiger partial charge in [0.15, 0.2) is 0 Å². The van der Waals surface area contributed by atoms with E-state index in [1.54, 1.807) is 0 Å². The second kappa shape index (κ2) is 5.60. The molecule has 0 aliphatic carbocycles. The Hall–Kier alpha value is -1.02. The average Bonchev–Trinajstić information content (AvgIpc) is 2.16. The van der Waals surface area contributed by atoms with Crippen LogP contribution in [0.15, 0.2) is 30.3 Å². The summed E-state index contributed by atoms with van der Waals surface area (Å²) in [6, 6.07) is 10.6. The molecule has 13 heavy (non-hydrogen) atoms. The first-order valence-corrected chi connectivity index (χ1v) is 4.75. The quantitative estimate of drug-likeness (QED) is 0.726. The molecule has 0 radical (unpaired) electrons. The van der Waals surface area contributed by atoms with Crippen LogP contribution in [0, 0.1) is 0 Å². The second-order valence-electron chi connectivity index (χ2n) is 3.28. The molecule has 1 aromatic carbocycles. The molecule has 2 N–H and O–H groups in total. The van der Waals surface area contributed by atoms with Gasteiger partial charge in [0.2, 0.25) is 0 Å². The summed E-state index contributed by atoms with van der Waals surface area (Å²) in [6.07, 6.45) is 1.87. The van der Waals surface area contributed by atoms with Crippen molar-refractivity contribution in [2.45, 2.75) is 25.8 Å². The van der Waals surface area contributed by atoms with Crippen molar-refractivity contribution in [2.24, 2.45) is 0 Å². The molecule has 72 valence electrons. The molecular formula is C11H17NO. The second-order valence-corrected chi connectivity index (χ2v) is 3.28. The lowest BCUT2D eigenvalue weighted by Crippen LogP contribution is -2.15. The molecule has 0 saturated carbocycles. The van der Waals surface area contributed by atoms with Crippen molar-refractivity contribution in [2.75, 3.05) is 11.9 Å². The van der Waals surface area contributed by atoms with E-state index in [9.17, 15) is 0 Å². The largest absolute Gasteiger partial charge is 0.396 e. The van der Waals surface area contributed by atoms with Gasteiger partial charge in [-0.3, -0.25) is 0 Å². The van der Waals surface area contributed by atoms with Crippen molar-refractivity contribution < 1.29 is 5.11 Å². The first kappa shape index (κ1) is 10.1. The van der Waals surface area contributed by atoms with Gasteiger partial charge in [-0.05, 0) is 31.9 Å². The zero-order chi connectivity index (χ0) is 9.52. The molecule has 0 unspecified atom stereocenters. The highest BCUT2D eigenvalue weighted by Gasteiger charge is 1.99. The molecule has 1 aromatic rings. The smallest absolute Gasteiger partial charge is 0.0431 e. The fourth-order valence-corrected chi connectivity index (χ4v) is 1.29. The van der Waals surface area contributed by atoms with Gasteiger partial charge in [0.1, 0.15) is 0 Å². The lowest BCUT2D eigenvalue weighted by Gasteiger charge is -2.14. The predicted octanol–water partition coefficient (Wildman–Crippen LogP) is 2.26. The summed E-state index contributed by atoms with van der Waals surface area (Å²) in [7, 11) is 0. The van der Waals surface area contributed by atoms with Crippen LogP contribution in [0.3, 0.4) is 0 Å². The van der Waals surface area contributed by atoms with Crippen molar-refractivity contribution in [3.05, 3.63) is 30.3 Å². The van der Waals surface area contributed by atoms with E-state index in [0.717, 1.165) is 18.5 Å². The zero-order valence-corrected chi connectivity index (χ0v) is 8.03. The Balaban J connectivity index is 2.32. The molecule has 2 nitrogen and oxygen atoms in total. The van der Waals surface area contributed by atoms with Crippen molar-refractivity contribution in [1.82, 2.24) is 0 Å². The normalized spacial score (nSPS) is 12.5. The molecule has 0 aromatic heterocycles. The van der Waals surface area contributed by atoms with E-state index in [-0.39, 0.29) is 6.61 Å². The van der Waals surface area contributed by atoms with Gasteiger partial charge >= 0.3 is 0 Å². The van der Waals surface area contributed by atoms with E-state index in [4.69, 9.17) is 5.11 Å². The van der Waals surface area contributed by atoms with Crippen molar-refractivity contribution in [3.8, 4) is 0 Å². The molecule has 0 aliphatic heterocycles. The summed E-state index contributed by atoms with van der Waals surface area (Å²) in [5, 5.41) is 12.0. The van der Waals surface area contributed by atoms with Crippen LogP contribution in [0.2, 0.25) is 0 Å². The zero-order valence-electron chi connectivity index (χ0n) is 8.03. The summed E-state index contributed by atoms with van der Waals surface area (Å²) >= 11 is 0. The van der Waals surface area contributed by atoms with Gasteiger partial charge in [-0.1, -0.05) is 18.2 Å². The molecule has 0 spiro atoms. The topological polar surface area (TPSA) is 32.3 Å². The Bertz CT molecular complexity index is 223. The number of aliphatic hydroxyl groups excluding tert-OH is 1. The SMILES string of the molecule is C[C@@H](CCCO)Nc1ccccc1. The van der Waals surface area contributed by atoms with E-state index >= 15 is 0 Å². The van der Waals surface area contributed by atoms with E-state index < -0.39 is 0 Å². The van der Waals surface area contributed by atoms with Crippen molar-refractivity contribution in [1.29, 1.82) is 0 Å². The third kappa shape index (κ3) is 3.95.